The fraction of sp³-hybridized carbons (Fsp3) is 1.00. The summed E-state index contributed by atoms with van der Waals surface area (Å²) in [6, 6.07) is -3.52. The van der Waals surface area contributed by atoms with Crippen molar-refractivity contribution in [2.45, 2.75) is 150 Å². The number of ether oxygens (including phenoxy) is 8. The van der Waals surface area contributed by atoms with Crippen molar-refractivity contribution in [3.8, 4) is 0 Å². The first-order chi connectivity index (χ1) is 19.7. The lowest BCUT2D eigenvalue weighted by Gasteiger charge is -2.50. The molecular formula is C25H48N4O13. The molecule has 0 unspecified atom stereocenters. The highest BCUT2D eigenvalue weighted by Crippen LogP contribution is 2.34. The van der Waals surface area contributed by atoms with E-state index in [0.29, 0.717) is 0 Å². The summed E-state index contributed by atoms with van der Waals surface area (Å²) in [5.74, 6) is 0. The van der Waals surface area contributed by atoms with E-state index < -0.39 is 123 Å². The molecule has 42 heavy (non-hydrogen) atoms. The predicted molar refractivity (Wildman–Crippen MR) is 141 cm³/mol. The number of aliphatic hydroxyl groups is 5. The van der Waals surface area contributed by atoms with E-state index in [0.717, 1.165) is 0 Å². The number of rotatable bonds is 7. The molecule has 17 heteroatoms. The highest BCUT2D eigenvalue weighted by atomic mass is 16.8. The third kappa shape index (κ3) is 6.63. The molecule has 4 aliphatic heterocycles. The molecule has 20 atom stereocenters. The largest absolute Gasteiger partial charge is 0.388 e. The van der Waals surface area contributed by atoms with Gasteiger partial charge in [0.15, 0.2) is 25.2 Å². The topological polar surface area (TPSA) is 279 Å². The summed E-state index contributed by atoms with van der Waals surface area (Å²) < 4.78 is 46.6. The second kappa shape index (κ2) is 13.8. The summed E-state index contributed by atoms with van der Waals surface area (Å²) >= 11 is 0. The van der Waals surface area contributed by atoms with Gasteiger partial charge in [0.1, 0.15) is 48.8 Å². The van der Waals surface area contributed by atoms with Crippen LogP contribution >= 0.6 is 0 Å². The lowest BCUT2D eigenvalue weighted by atomic mass is 9.94. The van der Waals surface area contributed by atoms with Crippen LogP contribution < -0.4 is 22.9 Å². The Morgan fingerprint density at radius 3 is 1.12 bits per heavy atom. The van der Waals surface area contributed by atoms with Crippen molar-refractivity contribution in [3.05, 3.63) is 0 Å². The van der Waals surface area contributed by atoms with Gasteiger partial charge in [-0.05, 0) is 27.7 Å². The molecule has 0 radical (unpaired) electrons. The van der Waals surface area contributed by atoms with Crippen molar-refractivity contribution >= 4 is 0 Å². The van der Waals surface area contributed by atoms with E-state index in [1.54, 1.807) is 27.7 Å². The standard InChI is InChI=1S/C25H48N4O13/c1-6-10(26)14(30)18(22(34)36-6)40-24-20(16(32)12(28)8(3)38-24)42-25-21(17(33)13(29)9(4)39-25)41-23-19(35-5)15(31)11(27)7(2)37-23/h6-25,30-34H,26-29H2,1-5H3/t6-,7-,8-,9-,10-,11-,12-,13-,14+,15+,16+,17+,18+,19+,20+,21+,22+,23-,24-,25-/m1/s1. The maximum atomic E-state index is 11.2. The third-order valence-electron chi connectivity index (χ3n) is 8.72. The molecule has 0 spiro atoms. The molecule has 0 amide bonds. The van der Waals surface area contributed by atoms with E-state index in [2.05, 4.69) is 0 Å². The second-order valence-corrected chi connectivity index (χ2v) is 11.6. The number of nitrogens with two attached hydrogens (primary N) is 4. The Morgan fingerprint density at radius 1 is 0.452 bits per heavy atom. The van der Waals surface area contributed by atoms with Gasteiger partial charge in [0, 0.05) is 7.11 Å². The maximum Gasteiger partial charge on any atom is 0.187 e. The van der Waals surface area contributed by atoms with Crippen molar-refractivity contribution < 1.29 is 63.4 Å². The summed E-state index contributed by atoms with van der Waals surface area (Å²) in [6.45, 7) is 6.46. The number of aliphatic hydroxyl groups excluding tert-OH is 5. The Hall–Kier alpha value is -0.680. The summed E-state index contributed by atoms with van der Waals surface area (Å²) in [5, 5.41) is 54.2. The highest BCUT2D eigenvalue weighted by Gasteiger charge is 2.54. The predicted octanol–water partition coefficient (Wildman–Crippen LogP) is -5.12. The van der Waals surface area contributed by atoms with Crippen LogP contribution in [0.1, 0.15) is 27.7 Å². The second-order valence-electron chi connectivity index (χ2n) is 11.6. The minimum atomic E-state index is -1.57. The number of methoxy groups -OCH3 is 1. The van der Waals surface area contributed by atoms with Gasteiger partial charge in [-0.2, -0.15) is 0 Å². The number of hydrogen-bond donors (Lipinski definition) is 9. The zero-order chi connectivity index (χ0) is 31.2. The molecule has 0 saturated carbocycles. The van der Waals surface area contributed by atoms with Gasteiger partial charge in [0.25, 0.3) is 0 Å². The smallest absolute Gasteiger partial charge is 0.187 e. The van der Waals surface area contributed by atoms with Crippen molar-refractivity contribution in [3.63, 3.8) is 0 Å². The fourth-order valence-corrected chi connectivity index (χ4v) is 5.65. The summed E-state index contributed by atoms with van der Waals surface area (Å²) in [5.41, 5.74) is 24.4. The molecule has 13 N–H and O–H groups in total. The van der Waals surface area contributed by atoms with Gasteiger partial charge >= 0.3 is 0 Å². The minimum Gasteiger partial charge on any atom is -0.388 e. The van der Waals surface area contributed by atoms with Crippen LogP contribution in [0.25, 0.3) is 0 Å². The zero-order valence-corrected chi connectivity index (χ0v) is 24.4. The lowest BCUT2D eigenvalue weighted by molar-refractivity contribution is -0.385. The molecule has 246 valence electrons. The van der Waals surface area contributed by atoms with Gasteiger partial charge in [-0.1, -0.05) is 0 Å². The molecule has 4 fully saturated rings. The van der Waals surface area contributed by atoms with E-state index >= 15 is 0 Å². The molecule has 0 aromatic heterocycles. The highest BCUT2D eigenvalue weighted by molar-refractivity contribution is 4.98. The molecule has 4 saturated heterocycles. The van der Waals surface area contributed by atoms with Gasteiger partial charge in [0.05, 0.1) is 48.6 Å². The van der Waals surface area contributed by atoms with Crippen LogP contribution in [0, 0.1) is 0 Å². The Kier molecular flexibility index (Phi) is 11.2. The van der Waals surface area contributed by atoms with E-state index in [9.17, 15) is 25.5 Å². The van der Waals surface area contributed by atoms with Gasteiger partial charge < -0.3 is 86.4 Å². The van der Waals surface area contributed by atoms with Crippen molar-refractivity contribution in [2.24, 2.45) is 22.9 Å². The SMILES string of the molecule is CO[C@@H]1[C@@H](O[C@@H]2[C@@H](O[C@@H]3[C@@H](O[C@H]4[C@@H](O)[C@H](N)[C@@H](C)O[C@@H]4O)O[C@H](C)[C@@H](N)[C@@H]3O)O[C@H](C)[C@@H](N)[C@@H]2O)O[C@H](C)[C@@H](N)[C@@H]1O. The summed E-state index contributed by atoms with van der Waals surface area (Å²) in [6.07, 6.45) is -18.8. The average Bonchev–Trinajstić information content (AvgIpc) is 2.94. The Morgan fingerprint density at radius 2 is 0.738 bits per heavy atom. The summed E-state index contributed by atoms with van der Waals surface area (Å²) in [4.78, 5) is 0. The minimum absolute atomic E-state index is 0.638. The van der Waals surface area contributed by atoms with Gasteiger partial charge in [0.2, 0.25) is 0 Å². The van der Waals surface area contributed by atoms with Gasteiger partial charge in [-0.25, -0.2) is 0 Å². The Balaban J connectivity index is 1.59. The quantitative estimate of drug-likeness (QED) is 0.130. The van der Waals surface area contributed by atoms with Crippen LogP contribution in [-0.2, 0) is 37.9 Å². The van der Waals surface area contributed by atoms with Crippen LogP contribution in [0.2, 0.25) is 0 Å². The van der Waals surface area contributed by atoms with E-state index in [1.165, 1.54) is 7.11 Å². The molecule has 0 aliphatic carbocycles. The zero-order valence-electron chi connectivity index (χ0n) is 24.4. The Bertz CT molecular complexity index is 882. The van der Waals surface area contributed by atoms with Gasteiger partial charge in [-0.3, -0.25) is 0 Å². The van der Waals surface area contributed by atoms with E-state index in [4.69, 9.17) is 60.8 Å². The van der Waals surface area contributed by atoms with Crippen LogP contribution in [0.5, 0.6) is 0 Å². The Labute approximate surface area is 244 Å². The molecule has 4 aliphatic rings. The molecule has 4 heterocycles. The molecule has 4 rings (SSSR count). The maximum absolute atomic E-state index is 11.2. The van der Waals surface area contributed by atoms with Crippen LogP contribution in [-0.4, -0.2) is 155 Å². The van der Waals surface area contributed by atoms with Crippen LogP contribution in [0.3, 0.4) is 0 Å². The molecule has 0 bridgehead atoms. The number of hydrogen-bond acceptors (Lipinski definition) is 17. The average molecular weight is 613 g/mol. The van der Waals surface area contributed by atoms with Crippen molar-refractivity contribution in [1.29, 1.82) is 0 Å². The first-order valence-corrected chi connectivity index (χ1v) is 14.2. The fourth-order valence-electron chi connectivity index (χ4n) is 5.65. The van der Waals surface area contributed by atoms with Gasteiger partial charge in [-0.15, -0.1) is 0 Å². The third-order valence-corrected chi connectivity index (χ3v) is 8.72. The molecule has 17 nitrogen and oxygen atoms in total. The molecule has 0 aromatic carbocycles. The van der Waals surface area contributed by atoms with Crippen LogP contribution in [0.15, 0.2) is 0 Å². The summed E-state index contributed by atoms with van der Waals surface area (Å²) in [7, 11) is 1.34. The molecule has 0 aromatic rings. The van der Waals surface area contributed by atoms with E-state index in [1.807, 2.05) is 0 Å². The monoisotopic (exact) mass is 612 g/mol. The van der Waals surface area contributed by atoms with E-state index in [-0.39, 0.29) is 0 Å². The first kappa shape index (κ1) is 34.2. The van der Waals surface area contributed by atoms with Crippen molar-refractivity contribution in [1.82, 2.24) is 0 Å². The first-order valence-electron chi connectivity index (χ1n) is 14.2. The normalized spacial score (nSPS) is 55.9. The lowest BCUT2D eigenvalue weighted by Crippen LogP contribution is -2.69. The van der Waals surface area contributed by atoms with Crippen molar-refractivity contribution in [2.75, 3.05) is 7.11 Å². The van der Waals surface area contributed by atoms with Crippen LogP contribution in [0.4, 0.5) is 0 Å². The molecular weight excluding hydrogens is 564 g/mol.